The lowest BCUT2D eigenvalue weighted by Gasteiger charge is -2.27. The summed E-state index contributed by atoms with van der Waals surface area (Å²) in [5, 5.41) is 0. The van der Waals surface area contributed by atoms with Crippen molar-refractivity contribution in [3.63, 3.8) is 0 Å². The maximum atomic E-state index is 12.0. The molecule has 2 aliphatic rings. The van der Waals surface area contributed by atoms with Crippen LogP contribution in [0.25, 0.3) is 0 Å². The Kier molecular flexibility index (Phi) is 1.78. The van der Waals surface area contributed by atoms with Crippen LogP contribution in [0.5, 0.6) is 0 Å². The van der Waals surface area contributed by atoms with Crippen molar-refractivity contribution in [1.29, 1.82) is 0 Å². The van der Waals surface area contributed by atoms with Gasteiger partial charge in [0.2, 0.25) is 0 Å². The fraction of sp³-hybridized carbons (Fsp3) is 0.875. The highest BCUT2D eigenvalue weighted by Crippen LogP contribution is 2.39. The van der Waals surface area contributed by atoms with Gasteiger partial charge >= 0.3 is 12.1 Å². The first-order valence-corrected chi connectivity index (χ1v) is 4.36. The number of piperidine rings is 1. The molecule has 1 amide bonds. The second kappa shape index (κ2) is 2.62. The fourth-order valence-electron chi connectivity index (χ4n) is 2.34. The number of hydrogen-bond donors (Lipinski definition) is 0. The van der Waals surface area contributed by atoms with E-state index < -0.39 is 12.1 Å². The summed E-state index contributed by atoms with van der Waals surface area (Å²) < 4.78 is 36.1. The number of carbonyl (C=O) groups excluding carboxylic acids is 1. The third kappa shape index (κ3) is 1.40. The minimum absolute atomic E-state index is 0.140. The van der Waals surface area contributed by atoms with Crippen LogP contribution in [-0.2, 0) is 4.79 Å². The maximum absolute atomic E-state index is 12.0. The first kappa shape index (κ1) is 8.84. The van der Waals surface area contributed by atoms with Gasteiger partial charge in [0.25, 0.3) is 0 Å². The standard InChI is InChI=1S/C8H10F3NO/c9-8(10,11)7(13)12-4-5-1-2-6(12)3-5/h5-6H,1-4H2. The van der Waals surface area contributed by atoms with Gasteiger partial charge in [-0.1, -0.05) is 0 Å². The van der Waals surface area contributed by atoms with Crippen LogP contribution < -0.4 is 0 Å². The van der Waals surface area contributed by atoms with Gasteiger partial charge in [-0.3, -0.25) is 4.79 Å². The average molecular weight is 193 g/mol. The Morgan fingerprint density at radius 1 is 1.31 bits per heavy atom. The third-order valence-electron chi connectivity index (χ3n) is 2.91. The zero-order chi connectivity index (χ0) is 9.64. The molecular formula is C8H10F3NO. The molecule has 2 nitrogen and oxygen atoms in total. The SMILES string of the molecule is O=C(N1CC2CCC1C2)C(F)(F)F. The highest BCUT2D eigenvalue weighted by molar-refractivity contribution is 5.82. The molecule has 0 radical (unpaired) electrons. The summed E-state index contributed by atoms with van der Waals surface area (Å²) in [5.41, 5.74) is 0. The Morgan fingerprint density at radius 2 is 2.00 bits per heavy atom. The molecule has 2 atom stereocenters. The summed E-state index contributed by atoms with van der Waals surface area (Å²) in [6.45, 7) is 0.309. The Hall–Kier alpha value is -0.740. The predicted molar refractivity (Wildman–Crippen MR) is 38.9 cm³/mol. The van der Waals surface area contributed by atoms with E-state index in [-0.39, 0.29) is 6.04 Å². The molecule has 13 heavy (non-hydrogen) atoms. The molecule has 0 N–H and O–H groups in total. The number of fused-ring (bicyclic) bond motifs is 2. The number of amides is 1. The topological polar surface area (TPSA) is 20.3 Å². The lowest BCUT2D eigenvalue weighted by Crippen LogP contribution is -2.45. The highest BCUT2D eigenvalue weighted by Gasteiger charge is 2.49. The first-order valence-electron chi connectivity index (χ1n) is 4.36. The van der Waals surface area contributed by atoms with E-state index in [9.17, 15) is 18.0 Å². The normalized spacial score (nSPS) is 32.7. The summed E-state index contributed by atoms with van der Waals surface area (Å²) in [6, 6.07) is -0.140. The van der Waals surface area contributed by atoms with Crippen molar-refractivity contribution in [2.75, 3.05) is 6.54 Å². The van der Waals surface area contributed by atoms with E-state index in [1.807, 2.05) is 0 Å². The van der Waals surface area contributed by atoms with E-state index >= 15 is 0 Å². The molecule has 5 heteroatoms. The second-order valence-electron chi connectivity index (χ2n) is 3.79. The van der Waals surface area contributed by atoms with Gasteiger partial charge in [0.05, 0.1) is 0 Å². The maximum Gasteiger partial charge on any atom is 0.471 e. The lowest BCUT2D eigenvalue weighted by atomic mass is 10.1. The number of nitrogens with zero attached hydrogens (tertiary/aromatic N) is 1. The van der Waals surface area contributed by atoms with Crippen molar-refractivity contribution < 1.29 is 18.0 Å². The number of carbonyl (C=O) groups is 1. The monoisotopic (exact) mass is 193 g/mol. The zero-order valence-corrected chi connectivity index (χ0v) is 6.97. The van der Waals surface area contributed by atoms with E-state index in [2.05, 4.69) is 0 Å². The van der Waals surface area contributed by atoms with Crippen LogP contribution in [0.15, 0.2) is 0 Å². The Morgan fingerprint density at radius 3 is 2.38 bits per heavy atom. The van der Waals surface area contributed by atoms with E-state index in [0.29, 0.717) is 12.5 Å². The Bertz CT molecular complexity index is 238. The molecule has 1 saturated heterocycles. The molecule has 0 aromatic heterocycles. The van der Waals surface area contributed by atoms with Gasteiger partial charge in [0.15, 0.2) is 0 Å². The average Bonchev–Trinajstić information content (AvgIpc) is 2.60. The van der Waals surface area contributed by atoms with Gasteiger partial charge in [-0.25, -0.2) is 0 Å². The largest absolute Gasteiger partial charge is 0.471 e. The third-order valence-corrected chi connectivity index (χ3v) is 2.91. The fourth-order valence-corrected chi connectivity index (χ4v) is 2.34. The first-order chi connectivity index (χ1) is 5.98. The van der Waals surface area contributed by atoms with Gasteiger partial charge in [-0.05, 0) is 25.2 Å². The summed E-state index contributed by atoms with van der Waals surface area (Å²) in [7, 11) is 0. The van der Waals surface area contributed by atoms with Crippen molar-refractivity contribution in [3.8, 4) is 0 Å². The molecule has 2 bridgehead atoms. The number of hydrogen-bond acceptors (Lipinski definition) is 1. The molecule has 0 aromatic rings. The Labute approximate surface area is 73.7 Å². The van der Waals surface area contributed by atoms with Crippen molar-refractivity contribution in [3.05, 3.63) is 0 Å². The second-order valence-corrected chi connectivity index (χ2v) is 3.79. The highest BCUT2D eigenvalue weighted by atomic mass is 19.4. The summed E-state index contributed by atoms with van der Waals surface area (Å²) >= 11 is 0. The molecule has 1 aliphatic heterocycles. The molecule has 0 spiro atoms. The van der Waals surface area contributed by atoms with Gasteiger partial charge in [-0.15, -0.1) is 0 Å². The smallest absolute Gasteiger partial charge is 0.332 e. The van der Waals surface area contributed by atoms with E-state index in [0.717, 1.165) is 24.2 Å². The molecular weight excluding hydrogens is 183 g/mol. The molecule has 1 aliphatic carbocycles. The quantitative estimate of drug-likeness (QED) is 0.571. The van der Waals surface area contributed by atoms with Crippen LogP contribution in [0.1, 0.15) is 19.3 Å². The van der Waals surface area contributed by atoms with Crippen LogP contribution in [0.3, 0.4) is 0 Å². The van der Waals surface area contributed by atoms with Crippen molar-refractivity contribution in [2.45, 2.75) is 31.5 Å². The van der Waals surface area contributed by atoms with Gasteiger partial charge in [0.1, 0.15) is 0 Å². The van der Waals surface area contributed by atoms with Crippen LogP contribution in [0.2, 0.25) is 0 Å². The van der Waals surface area contributed by atoms with Gasteiger partial charge in [0, 0.05) is 12.6 Å². The summed E-state index contributed by atoms with van der Waals surface area (Å²) in [5.74, 6) is -1.34. The van der Waals surface area contributed by atoms with Crippen LogP contribution >= 0.6 is 0 Å². The number of likely N-dealkylation sites (tertiary alicyclic amines) is 1. The number of rotatable bonds is 0. The Balaban J connectivity index is 2.07. The number of halogens is 3. The van der Waals surface area contributed by atoms with Crippen LogP contribution in [0.4, 0.5) is 13.2 Å². The molecule has 74 valence electrons. The summed E-state index contributed by atoms with van der Waals surface area (Å²) in [4.78, 5) is 11.9. The minimum Gasteiger partial charge on any atom is -0.332 e. The number of alkyl halides is 3. The molecule has 0 aromatic carbocycles. The van der Waals surface area contributed by atoms with E-state index in [1.54, 1.807) is 0 Å². The van der Waals surface area contributed by atoms with Crippen LogP contribution in [-0.4, -0.2) is 29.6 Å². The van der Waals surface area contributed by atoms with Crippen molar-refractivity contribution in [1.82, 2.24) is 4.90 Å². The van der Waals surface area contributed by atoms with Crippen LogP contribution in [0, 0.1) is 5.92 Å². The molecule has 1 saturated carbocycles. The predicted octanol–water partition coefficient (Wildman–Crippen LogP) is 1.56. The van der Waals surface area contributed by atoms with Gasteiger partial charge in [-0.2, -0.15) is 13.2 Å². The molecule has 2 fully saturated rings. The lowest BCUT2D eigenvalue weighted by molar-refractivity contribution is -0.187. The molecule has 1 heterocycles. The van der Waals surface area contributed by atoms with Crippen molar-refractivity contribution >= 4 is 5.91 Å². The minimum atomic E-state index is -4.69. The van der Waals surface area contributed by atoms with E-state index in [1.165, 1.54) is 0 Å². The van der Waals surface area contributed by atoms with Crippen molar-refractivity contribution in [2.24, 2.45) is 5.92 Å². The zero-order valence-electron chi connectivity index (χ0n) is 6.97. The molecule has 2 unspecified atom stereocenters. The van der Waals surface area contributed by atoms with E-state index in [4.69, 9.17) is 0 Å². The molecule has 2 rings (SSSR count). The summed E-state index contributed by atoms with van der Waals surface area (Å²) in [6.07, 6.45) is -2.20. The van der Waals surface area contributed by atoms with Gasteiger partial charge < -0.3 is 4.90 Å².